The Bertz CT molecular complexity index is 674. The molecule has 2 radical (unpaired) electrons. The number of hydrogen-bond acceptors (Lipinski definition) is 6. The predicted octanol–water partition coefficient (Wildman–Crippen LogP) is 2.35. The third kappa shape index (κ3) is 9.14. The van der Waals surface area contributed by atoms with Crippen LogP contribution in [0, 0.1) is 0 Å². The lowest BCUT2D eigenvalue weighted by Crippen LogP contribution is -2.53. The Balaban J connectivity index is 2.61. The number of likely N-dealkylation sites (tertiary alicyclic amines) is 1. The molecule has 2 atom stereocenters. The molecule has 0 aromatic rings. The summed E-state index contributed by atoms with van der Waals surface area (Å²) < 4.78 is 5.94. The minimum Gasteiger partial charge on any atom is -0.376 e. The van der Waals surface area contributed by atoms with Crippen molar-refractivity contribution in [1.82, 2.24) is 10.2 Å². The lowest BCUT2D eigenvalue weighted by molar-refractivity contribution is -0.145. The Morgan fingerprint density at radius 2 is 1.74 bits per heavy atom. The summed E-state index contributed by atoms with van der Waals surface area (Å²) in [5, 5.41) is 2.70. The van der Waals surface area contributed by atoms with Crippen molar-refractivity contribution in [3.05, 3.63) is 0 Å². The lowest BCUT2D eigenvalue weighted by Gasteiger charge is -2.36. The second-order valence-corrected chi connectivity index (χ2v) is 11.8. The number of hydrogen-bond donors (Lipinski definition) is 2. The van der Waals surface area contributed by atoms with Gasteiger partial charge < -0.3 is 15.8 Å². The van der Waals surface area contributed by atoms with E-state index in [2.05, 4.69) is 5.32 Å². The Labute approximate surface area is 193 Å². The van der Waals surface area contributed by atoms with Crippen LogP contribution in [-0.2, 0) is 19.1 Å². The topological polar surface area (TPSA) is 102 Å². The van der Waals surface area contributed by atoms with E-state index in [0.717, 1.165) is 6.42 Å². The third-order valence-corrected chi connectivity index (χ3v) is 6.49. The van der Waals surface area contributed by atoms with Gasteiger partial charge in [-0.2, -0.15) is 11.8 Å². The fraction of sp³-hybridized carbons (Fsp3) is 0.864. The van der Waals surface area contributed by atoms with Gasteiger partial charge in [-0.3, -0.25) is 19.3 Å². The standard InChI is InChI=1S/C22H40BN3O4S/c1-19(2,9-10-21(5,6)30-12-11-22(7,23)24)25-16(27)14-20(3,4)26-17(28)13-15(31-8)18(26)29/h15H,9-14,24H2,1-8H3,(H,25,27). The second kappa shape index (κ2) is 10.3. The summed E-state index contributed by atoms with van der Waals surface area (Å²) in [4.78, 5) is 38.9. The Hall–Kier alpha value is -1.06. The minimum atomic E-state index is -0.877. The first-order chi connectivity index (χ1) is 13.9. The number of imide groups is 1. The highest BCUT2D eigenvalue weighted by Crippen LogP contribution is 2.31. The fourth-order valence-corrected chi connectivity index (χ4v) is 4.23. The van der Waals surface area contributed by atoms with Gasteiger partial charge in [0.25, 0.3) is 0 Å². The van der Waals surface area contributed by atoms with Crippen LogP contribution in [0.3, 0.4) is 0 Å². The van der Waals surface area contributed by atoms with Crippen molar-refractivity contribution in [2.75, 3.05) is 12.9 Å². The molecule has 1 saturated heterocycles. The number of carbonyl (C=O) groups excluding carboxylic acids is 3. The van der Waals surface area contributed by atoms with E-state index in [4.69, 9.17) is 18.3 Å². The van der Waals surface area contributed by atoms with Crippen LogP contribution in [0.2, 0.25) is 0 Å². The molecule has 0 aliphatic carbocycles. The average molecular weight is 453 g/mol. The first-order valence-corrected chi connectivity index (χ1v) is 12.1. The van der Waals surface area contributed by atoms with Gasteiger partial charge in [0, 0.05) is 25.0 Å². The molecular weight excluding hydrogens is 413 g/mol. The van der Waals surface area contributed by atoms with E-state index in [1.54, 1.807) is 20.8 Å². The number of ether oxygens (including phenoxy) is 1. The van der Waals surface area contributed by atoms with Crippen molar-refractivity contribution in [2.24, 2.45) is 5.73 Å². The number of nitrogens with zero attached hydrogens (tertiary/aromatic N) is 1. The zero-order chi connectivity index (χ0) is 24.3. The summed E-state index contributed by atoms with van der Waals surface area (Å²) in [5.74, 6) is -0.616. The van der Waals surface area contributed by atoms with Crippen molar-refractivity contribution in [3.63, 3.8) is 0 Å². The van der Waals surface area contributed by atoms with Crippen LogP contribution < -0.4 is 11.1 Å². The highest BCUT2D eigenvalue weighted by atomic mass is 32.2. The molecule has 1 aliphatic heterocycles. The van der Waals surface area contributed by atoms with Crippen LogP contribution in [0.1, 0.15) is 80.6 Å². The summed E-state index contributed by atoms with van der Waals surface area (Å²) in [6.07, 6.45) is 4.05. The van der Waals surface area contributed by atoms with Gasteiger partial charge in [-0.1, -0.05) is 6.92 Å². The first kappa shape index (κ1) is 28.0. The Morgan fingerprint density at radius 1 is 1.16 bits per heavy atom. The van der Waals surface area contributed by atoms with E-state index in [1.165, 1.54) is 16.7 Å². The van der Waals surface area contributed by atoms with Crippen LogP contribution in [0.4, 0.5) is 0 Å². The smallest absolute Gasteiger partial charge is 0.243 e. The van der Waals surface area contributed by atoms with Crippen LogP contribution >= 0.6 is 11.8 Å². The number of thioether (sulfide) groups is 1. The van der Waals surface area contributed by atoms with Crippen molar-refractivity contribution in [3.8, 4) is 0 Å². The van der Waals surface area contributed by atoms with Gasteiger partial charge in [-0.15, -0.1) is 0 Å². The Kier molecular flexibility index (Phi) is 9.26. The van der Waals surface area contributed by atoms with Crippen molar-refractivity contribution >= 4 is 37.3 Å². The molecule has 176 valence electrons. The average Bonchev–Trinajstić information content (AvgIpc) is 2.85. The van der Waals surface area contributed by atoms with E-state index in [9.17, 15) is 14.4 Å². The Morgan fingerprint density at radius 3 is 2.23 bits per heavy atom. The summed E-state index contributed by atoms with van der Waals surface area (Å²) in [6.45, 7) is 13.7. The van der Waals surface area contributed by atoms with Gasteiger partial charge in [0.15, 0.2) is 0 Å². The van der Waals surface area contributed by atoms with Crippen LogP contribution in [0.15, 0.2) is 0 Å². The molecule has 9 heteroatoms. The number of rotatable bonds is 12. The number of carbonyl (C=O) groups is 3. The molecule has 1 heterocycles. The normalized spacial score (nSPS) is 20.2. The molecule has 31 heavy (non-hydrogen) atoms. The molecule has 0 aromatic heterocycles. The second-order valence-electron chi connectivity index (χ2n) is 10.8. The molecular formula is C22H40BN3O4S. The maximum atomic E-state index is 12.8. The number of amides is 3. The van der Waals surface area contributed by atoms with Crippen molar-refractivity contribution in [2.45, 2.75) is 108 Å². The minimum absolute atomic E-state index is 0.0560. The molecule has 7 nitrogen and oxygen atoms in total. The fourth-order valence-electron chi connectivity index (χ4n) is 3.61. The molecule has 0 spiro atoms. The van der Waals surface area contributed by atoms with Gasteiger partial charge in [-0.05, 0) is 72.5 Å². The largest absolute Gasteiger partial charge is 0.376 e. The molecule has 2 unspecified atom stereocenters. The molecule has 3 amide bonds. The summed E-state index contributed by atoms with van der Waals surface area (Å²) in [6, 6.07) is 0. The van der Waals surface area contributed by atoms with E-state index < -0.39 is 16.5 Å². The summed E-state index contributed by atoms with van der Waals surface area (Å²) >= 11 is 1.37. The highest BCUT2D eigenvalue weighted by molar-refractivity contribution is 8.00. The monoisotopic (exact) mass is 453 g/mol. The SMILES string of the molecule is [B]C(C)(N)CCOC(C)(C)CCC(C)(C)NC(=O)CC(C)(C)N1C(=O)CC(SC)C1=O. The molecule has 3 N–H and O–H groups in total. The van der Waals surface area contributed by atoms with E-state index in [0.29, 0.717) is 19.4 Å². The van der Waals surface area contributed by atoms with Crippen LogP contribution in [-0.4, -0.2) is 70.7 Å². The van der Waals surface area contributed by atoms with Gasteiger partial charge >= 0.3 is 0 Å². The predicted molar refractivity (Wildman–Crippen MR) is 127 cm³/mol. The maximum Gasteiger partial charge on any atom is 0.243 e. The summed E-state index contributed by atoms with van der Waals surface area (Å²) in [5.41, 5.74) is 3.31. The molecule has 1 fully saturated rings. The first-order valence-electron chi connectivity index (χ1n) is 10.8. The zero-order valence-corrected chi connectivity index (χ0v) is 21.3. The van der Waals surface area contributed by atoms with E-state index in [1.807, 2.05) is 34.0 Å². The van der Waals surface area contributed by atoms with Crippen molar-refractivity contribution < 1.29 is 19.1 Å². The number of nitrogens with one attached hydrogen (secondary N) is 1. The van der Waals surface area contributed by atoms with Crippen LogP contribution in [0.25, 0.3) is 0 Å². The molecule has 1 aliphatic rings. The van der Waals surface area contributed by atoms with Crippen molar-refractivity contribution in [1.29, 1.82) is 0 Å². The number of nitrogens with two attached hydrogens (primary N) is 1. The van der Waals surface area contributed by atoms with Gasteiger partial charge in [0.1, 0.15) is 0 Å². The van der Waals surface area contributed by atoms with E-state index in [-0.39, 0.29) is 41.4 Å². The lowest BCUT2D eigenvalue weighted by atomic mass is 9.78. The third-order valence-electron chi connectivity index (χ3n) is 5.55. The van der Waals surface area contributed by atoms with E-state index >= 15 is 0 Å². The quantitative estimate of drug-likeness (QED) is 0.348. The van der Waals surface area contributed by atoms with Gasteiger partial charge in [0.2, 0.25) is 17.7 Å². The highest BCUT2D eigenvalue weighted by Gasteiger charge is 2.46. The zero-order valence-electron chi connectivity index (χ0n) is 20.5. The molecule has 0 aromatic carbocycles. The van der Waals surface area contributed by atoms with Crippen LogP contribution in [0.5, 0.6) is 0 Å². The van der Waals surface area contributed by atoms with Gasteiger partial charge in [0.05, 0.1) is 24.2 Å². The molecule has 0 bridgehead atoms. The van der Waals surface area contributed by atoms with Gasteiger partial charge in [-0.25, -0.2) is 0 Å². The summed E-state index contributed by atoms with van der Waals surface area (Å²) in [7, 11) is 5.79. The maximum absolute atomic E-state index is 12.8. The molecule has 1 rings (SSSR count). The molecule has 0 saturated carbocycles.